The number of carbonyl (C=O) groups is 1. The summed E-state index contributed by atoms with van der Waals surface area (Å²) < 4.78 is 5.16. The molecule has 0 aliphatic carbocycles. The predicted molar refractivity (Wildman–Crippen MR) is 96.9 cm³/mol. The molecule has 1 heterocycles. The Balaban J connectivity index is 1.76. The third kappa shape index (κ3) is 3.90. The molecule has 1 saturated heterocycles. The molecule has 3 rings (SSSR count). The smallest absolute Gasteiger partial charge is 0.253 e. The van der Waals surface area contributed by atoms with Crippen LogP contribution in [0.5, 0.6) is 5.75 Å². The van der Waals surface area contributed by atoms with Gasteiger partial charge in [0.15, 0.2) is 0 Å². The van der Waals surface area contributed by atoms with Crippen molar-refractivity contribution in [1.29, 1.82) is 0 Å². The molecule has 1 aliphatic rings. The maximum atomic E-state index is 12.8. The van der Waals surface area contributed by atoms with Gasteiger partial charge in [0.2, 0.25) is 0 Å². The lowest BCUT2D eigenvalue weighted by Crippen LogP contribution is -2.34. The summed E-state index contributed by atoms with van der Waals surface area (Å²) in [6.07, 6.45) is 3.29. The van der Waals surface area contributed by atoms with E-state index in [1.54, 1.807) is 7.11 Å². The molecule has 3 nitrogen and oxygen atoms in total. The van der Waals surface area contributed by atoms with Gasteiger partial charge in [-0.3, -0.25) is 4.79 Å². The quantitative estimate of drug-likeness (QED) is 0.804. The van der Waals surface area contributed by atoms with Crippen molar-refractivity contribution in [2.75, 3.05) is 20.2 Å². The zero-order valence-electron chi connectivity index (χ0n) is 13.9. The molecule has 1 unspecified atom stereocenters. The first-order chi connectivity index (χ1) is 11.7. The number of rotatable bonds is 3. The van der Waals surface area contributed by atoms with Crippen LogP contribution in [0.1, 0.15) is 41.1 Å². The molecule has 2 aromatic rings. The summed E-state index contributed by atoms with van der Waals surface area (Å²) >= 11 is 5.99. The molecule has 0 aromatic heterocycles. The van der Waals surface area contributed by atoms with Crippen molar-refractivity contribution in [3.63, 3.8) is 0 Å². The number of hydrogen-bond acceptors (Lipinski definition) is 2. The van der Waals surface area contributed by atoms with Gasteiger partial charge in [0.1, 0.15) is 5.75 Å². The molecule has 0 radical (unpaired) electrons. The topological polar surface area (TPSA) is 29.5 Å². The van der Waals surface area contributed by atoms with Crippen molar-refractivity contribution < 1.29 is 9.53 Å². The largest absolute Gasteiger partial charge is 0.497 e. The maximum Gasteiger partial charge on any atom is 0.253 e. The fourth-order valence-corrected chi connectivity index (χ4v) is 3.38. The van der Waals surface area contributed by atoms with Gasteiger partial charge < -0.3 is 9.64 Å². The van der Waals surface area contributed by atoms with Crippen molar-refractivity contribution in [2.24, 2.45) is 0 Å². The fraction of sp³-hybridized carbons (Fsp3) is 0.350. The molecule has 1 fully saturated rings. The summed E-state index contributed by atoms with van der Waals surface area (Å²) in [4.78, 5) is 14.8. The van der Waals surface area contributed by atoms with Crippen LogP contribution in [0.25, 0.3) is 0 Å². The average Bonchev–Trinajstić information content (AvgIpc) is 2.88. The van der Waals surface area contributed by atoms with E-state index in [-0.39, 0.29) is 5.91 Å². The van der Waals surface area contributed by atoms with E-state index >= 15 is 0 Å². The third-order valence-corrected chi connectivity index (χ3v) is 4.89. The summed E-state index contributed by atoms with van der Waals surface area (Å²) in [6, 6.07) is 15.4. The second-order valence-electron chi connectivity index (χ2n) is 6.22. The lowest BCUT2D eigenvalue weighted by molar-refractivity contribution is 0.0754. The predicted octanol–water partition coefficient (Wildman–Crippen LogP) is 4.76. The monoisotopic (exact) mass is 343 g/mol. The molecule has 0 N–H and O–H groups in total. The molecule has 24 heavy (non-hydrogen) atoms. The number of hydrogen-bond donors (Lipinski definition) is 0. The van der Waals surface area contributed by atoms with Crippen molar-refractivity contribution >= 4 is 17.5 Å². The van der Waals surface area contributed by atoms with Crippen LogP contribution in [-0.4, -0.2) is 31.0 Å². The highest BCUT2D eigenvalue weighted by Crippen LogP contribution is 2.28. The molecule has 2 aromatic carbocycles. The Labute approximate surface area is 148 Å². The van der Waals surface area contributed by atoms with E-state index in [2.05, 4.69) is 12.1 Å². The Morgan fingerprint density at radius 3 is 2.46 bits per heavy atom. The van der Waals surface area contributed by atoms with Crippen LogP contribution >= 0.6 is 11.6 Å². The van der Waals surface area contributed by atoms with Gasteiger partial charge in [-0.05, 0) is 54.8 Å². The van der Waals surface area contributed by atoms with E-state index in [4.69, 9.17) is 16.3 Å². The summed E-state index contributed by atoms with van der Waals surface area (Å²) in [5, 5.41) is 0.749. The first-order valence-electron chi connectivity index (χ1n) is 8.36. The van der Waals surface area contributed by atoms with Gasteiger partial charge in [-0.15, -0.1) is 0 Å². The molecule has 0 spiro atoms. The van der Waals surface area contributed by atoms with Crippen molar-refractivity contribution in [3.8, 4) is 5.75 Å². The van der Waals surface area contributed by atoms with Gasteiger partial charge in [-0.1, -0.05) is 30.2 Å². The molecule has 1 amide bonds. The molecule has 0 bridgehead atoms. The number of halogens is 1. The molecular formula is C20H22ClNO2. The summed E-state index contributed by atoms with van der Waals surface area (Å²) in [7, 11) is 1.63. The highest BCUT2D eigenvalue weighted by Gasteiger charge is 2.24. The second kappa shape index (κ2) is 7.71. The zero-order chi connectivity index (χ0) is 16.9. The Kier molecular flexibility index (Phi) is 5.41. The van der Waals surface area contributed by atoms with E-state index < -0.39 is 0 Å². The minimum atomic E-state index is 0.0958. The molecule has 1 atom stereocenters. The van der Waals surface area contributed by atoms with E-state index in [1.807, 2.05) is 41.3 Å². The van der Waals surface area contributed by atoms with Crippen LogP contribution in [0.3, 0.4) is 0 Å². The lowest BCUT2D eigenvalue weighted by atomic mass is 9.94. The van der Waals surface area contributed by atoms with Gasteiger partial charge in [0.25, 0.3) is 5.91 Å². The van der Waals surface area contributed by atoms with E-state index in [9.17, 15) is 4.79 Å². The highest BCUT2D eigenvalue weighted by atomic mass is 35.5. The first-order valence-corrected chi connectivity index (χ1v) is 8.74. The van der Waals surface area contributed by atoms with Crippen LogP contribution in [0, 0.1) is 0 Å². The Morgan fingerprint density at radius 1 is 1.08 bits per heavy atom. The summed E-state index contributed by atoms with van der Waals surface area (Å²) in [5.41, 5.74) is 1.97. The maximum absolute atomic E-state index is 12.8. The summed E-state index contributed by atoms with van der Waals surface area (Å²) in [6.45, 7) is 1.57. The minimum Gasteiger partial charge on any atom is -0.497 e. The van der Waals surface area contributed by atoms with Crippen LogP contribution in [0.2, 0.25) is 5.02 Å². The highest BCUT2D eigenvalue weighted by molar-refractivity contribution is 6.30. The number of amides is 1. The Hall–Kier alpha value is -2.00. The van der Waals surface area contributed by atoms with Crippen LogP contribution in [-0.2, 0) is 0 Å². The van der Waals surface area contributed by atoms with Gasteiger partial charge in [-0.25, -0.2) is 0 Å². The first kappa shape index (κ1) is 16.8. The van der Waals surface area contributed by atoms with E-state index in [0.717, 1.165) is 43.1 Å². The van der Waals surface area contributed by atoms with E-state index in [0.29, 0.717) is 11.5 Å². The molecule has 4 heteroatoms. The molecule has 0 saturated carbocycles. The van der Waals surface area contributed by atoms with Gasteiger partial charge >= 0.3 is 0 Å². The Morgan fingerprint density at radius 2 is 1.79 bits per heavy atom. The Bertz CT molecular complexity index is 682. The number of likely N-dealkylation sites (tertiary alicyclic amines) is 1. The van der Waals surface area contributed by atoms with Crippen molar-refractivity contribution in [2.45, 2.75) is 25.2 Å². The van der Waals surface area contributed by atoms with Crippen molar-refractivity contribution in [1.82, 2.24) is 4.90 Å². The van der Waals surface area contributed by atoms with Crippen molar-refractivity contribution in [3.05, 3.63) is 64.7 Å². The molecular weight excluding hydrogens is 322 g/mol. The summed E-state index contributed by atoms with van der Waals surface area (Å²) in [5.74, 6) is 1.23. The van der Waals surface area contributed by atoms with E-state index in [1.165, 1.54) is 5.56 Å². The average molecular weight is 344 g/mol. The minimum absolute atomic E-state index is 0.0958. The van der Waals surface area contributed by atoms with Gasteiger partial charge in [0, 0.05) is 29.6 Å². The van der Waals surface area contributed by atoms with Crippen LogP contribution in [0.4, 0.5) is 0 Å². The lowest BCUT2D eigenvalue weighted by Gasteiger charge is -2.25. The van der Waals surface area contributed by atoms with Gasteiger partial charge in [0.05, 0.1) is 7.11 Å². The third-order valence-electron chi connectivity index (χ3n) is 4.64. The number of benzene rings is 2. The number of ether oxygens (including phenoxy) is 1. The zero-order valence-corrected chi connectivity index (χ0v) is 14.6. The number of nitrogens with zero attached hydrogens (tertiary/aromatic N) is 1. The molecule has 126 valence electrons. The normalized spacial score (nSPS) is 18.1. The van der Waals surface area contributed by atoms with Crippen LogP contribution in [0.15, 0.2) is 48.5 Å². The number of methoxy groups -OCH3 is 1. The number of carbonyl (C=O) groups excluding carboxylic acids is 1. The fourth-order valence-electron chi connectivity index (χ4n) is 3.25. The second-order valence-corrected chi connectivity index (χ2v) is 6.66. The van der Waals surface area contributed by atoms with Gasteiger partial charge in [-0.2, -0.15) is 0 Å². The SMILES string of the molecule is COc1ccc(C(=O)N2CCCCC(c3ccc(Cl)cc3)C2)cc1. The molecule has 1 aliphatic heterocycles. The van der Waals surface area contributed by atoms with Crippen LogP contribution < -0.4 is 4.74 Å². The standard InChI is InChI=1S/C20H22ClNO2/c1-24-19-11-7-16(8-12-19)20(23)22-13-3-2-4-17(14-22)15-5-9-18(21)10-6-15/h5-12,17H,2-4,13-14H2,1H3.